The van der Waals surface area contributed by atoms with Crippen LogP contribution in [0, 0.1) is 0 Å². The third kappa shape index (κ3) is 3.24. The van der Waals surface area contributed by atoms with Gasteiger partial charge >= 0.3 is 0 Å². The van der Waals surface area contributed by atoms with Crippen LogP contribution in [-0.4, -0.2) is 26.8 Å². The molecule has 0 aliphatic heterocycles. The van der Waals surface area contributed by atoms with Crippen LogP contribution in [0.3, 0.4) is 0 Å². The molecule has 0 bridgehead atoms. The Kier molecular flexibility index (Phi) is 2.48. The third-order valence-electron chi connectivity index (χ3n) is 0.436. The highest BCUT2D eigenvalue weighted by Gasteiger charge is 2.03. The fourth-order valence-electron chi connectivity index (χ4n) is 0. The van der Waals surface area contributed by atoms with E-state index in [1.807, 2.05) is 0 Å². The minimum absolute atomic E-state index is 1.15. The Bertz CT molecular complexity index is 138. The lowest BCUT2D eigenvalue weighted by Gasteiger charge is -2.00. The molecule has 0 aliphatic carbocycles. The van der Waals surface area contributed by atoms with E-state index in [2.05, 4.69) is 0 Å². The van der Waals surface area contributed by atoms with Gasteiger partial charge in [0.2, 0.25) is 0 Å². The monoisotopic (exact) mass is 235 g/mol. The predicted molar refractivity (Wildman–Crippen MR) is 36.6 cm³/mol. The highest BCUT2D eigenvalue weighted by atomic mass is 127. The Balaban J connectivity index is 4.10. The average Bonchev–Trinajstić information content (AvgIpc) is 1.31. The van der Waals surface area contributed by atoms with E-state index < -0.39 is 7.19 Å². The Morgan fingerprint density at radius 2 is 1.57 bits per heavy atom. The van der Waals surface area contributed by atoms with E-state index in [1.54, 1.807) is 0 Å². The fourth-order valence-corrected chi connectivity index (χ4v) is 0. The molecular weight excluding hydrogens is 229 g/mol. The van der Waals surface area contributed by atoms with E-state index in [0.717, 1.165) is 4.31 Å². The van der Waals surface area contributed by atoms with Crippen molar-refractivity contribution < 1.29 is 8.42 Å². The molecule has 0 rings (SSSR count). The van der Waals surface area contributed by atoms with Gasteiger partial charge < -0.3 is 0 Å². The summed E-state index contributed by atoms with van der Waals surface area (Å²) in [4.78, 5) is 0. The molecule has 0 fully saturated rings. The molecule has 44 valence electrons. The van der Waals surface area contributed by atoms with Crippen molar-refractivity contribution in [2.75, 3.05) is 14.1 Å². The number of rotatable bonds is 1. The largest absolute Gasteiger partial charge is 0.267 e. The molecule has 0 N–H and O–H groups in total. The number of hydrogen-bond acceptors (Lipinski definition) is 2. The molecule has 0 radical (unpaired) electrons. The topological polar surface area (TPSA) is 37.4 Å². The highest BCUT2D eigenvalue weighted by molar-refractivity contribution is 14.2. The lowest BCUT2D eigenvalue weighted by atomic mass is 11.3. The minimum atomic E-state index is -2.94. The minimum Gasteiger partial charge on any atom is -0.201 e. The SMILES string of the molecule is CN(C)S(=O)(=O)I. The first-order valence-corrected chi connectivity index (χ1v) is 5.55. The molecule has 0 atom stereocenters. The average molecular weight is 235 g/mol. The van der Waals surface area contributed by atoms with Crippen LogP contribution in [0.15, 0.2) is 0 Å². The molecule has 0 unspecified atom stereocenters. The molecule has 0 aromatic heterocycles. The molecule has 3 nitrogen and oxygen atoms in total. The zero-order chi connectivity index (χ0) is 6.08. The highest BCUT2D eigenvalue weighted by Crippen LogP contribution is 2.01. The molecule has 0 amide bonds. The zero-order valence-electron chi connectivity index (χ0n) is 4.05. The molecule has 5 heteroatoms. The lowest BCUT2D eigenvalue weighted by Crippen LogP contribution is -2.14. The second-order valence-electron chi connectivity index (χ2n) is 1.22. The van der Waals surface area contributed by atoms with Gasteiger partial charge in [-0.2, -0.15) is 4.31 Å². The normalized spacial score (nSPS) is 12.6. The molecular formula is C2H6INO2S. The third-order valence-corrected chi connectivity index (χ3v) is 3.67. The van der Waals surface area contributed by atoms with Crippen LogP contribution in [0.5, 0.6) is 0 Å². The van der Waals surface area contributed by atoms with Gasteiger partial charge in [0.15, 0.2) is 0 Å². The predicted octanol–water partition coefficient (Wildman–Crippen LogP) is 0.228. The number of nitrogens with zero attached hydrogens (tertiary/aromatic N) is 1. The van der Waals surface area contributed by atoms with Crippen LogP contribution >= 0.6 is 21.2 Å². The quantitative estimate of drug-likeness (QED) is 0.482. The van der Waals surface area contributed by atoms with E-state index >= 15 is 0 Å². The van der Waals surface area contributed by atoms with Crippen molar-refractivity contribution >= 4 is 28.4 Å². The number of hydrogen-bond donors (Lipinski definition) is 0. The van der Waals surface area contributed by atoms with Crippen molar-refractivity contribution in [3.8, 4) is 0 Å². The second-order valence-corrected chi connectivity index (χ2v) is 6.12. The van der Waals surface area contributed by atoms with Crippen LogP contribution < -0.4 is 0 Å². The standard InChI is InChI=1S/C2H6INO2S/c1-4(2)7(3,5)6/h1-2H3. The van der Waals surface area contributed by atoms with Crippen molar-refractivity contribution in [1.29, 1.82) is 0 Å². The summed E-state index contributed by atoms with van der Waals surface area (Å²) in [5.41, 5.74) is 0. The van der Waals surface area contributed by atoms with Gasteiger partial charge in [0.25, 0.3) is 7.19 Å². The van der Waals surface area contributed by atoms with Crippen LogP contribution in [0.1, 0.15) is 0 Å². The number of halogens is 1. The summed E-state index contributed by atoms with van der Waals surface area (Å²) in [5, 5.41) is 0. The molecule has 0 aromatic rings. The van der Waals surface area contributed by atoms with Gasteiger partial charge in [-0.05, 0) is 0 Å². The maximum Gasteiger partial charge on any atom is 0.267 e. The van der Waals surface area contributed by atoms with Gasteiger partial charge in [0.1, 0.15) is 0 Å². The summed E-state index contributed by atoms with van der Waals surface area (Å²) in [6, 6.07) is 0. The summed E-state index contributed by atoms with van der Waals surface area (Å²) >= 11 is 1.36. The maximum atomic E-state index is 10.2. The molecule has 7 heavy (non-hydrogen) atoms. The summed E-state index contributed by atoms with van der Waals surface area (Å²) in [6.07, 6.45) is 0. The smallest absolute Gasteiger partial charge is 0.201 e. The van der Waals surface area contributed by atoms with Crippen LogP contribution in [0.25, 0.3) is 0 Å². The fraction of sp³-hybridized carbons (Fsp3) is 1.00. The Labute approximate surface area is 55.3 Å². The van der Waals surface area contributed by atoms with E-state index in [1.165, 1.54) is 35.3 Å². The molecule has 0 aromatic carbocycles. The lowest BCUT2D eigenvalue weighted by molar-refractivity contribution is 0.541. The molecule has 0 heterocycles. The van der Waals surface area contributed by atoms with Gasteiger partial charge in [0, 0.05) is 14.1 Å². The summed E-state index contributed by atoms with van der Waals surface area (Å²) in [5.74, 6) is 0. The molecule has 0 saturated heterocycles. The first-order valence-electron chi connectivity index (χ1n) is 1.56. The summed E-state index contributed by atoms with van der Waals surface area (Å²) < 4.78 is 21.6. The second kappa shape index (κ2) is 2.27. The zero-order valence-corrected chi connectivity index (χ0v) is 7.02. The maximum absolute atomic E-state index is 10.2. The summed E-state index contributed by atoms with van der Waals surface area (Å²) in [6.45, 7) is 0. The van der Waals surface area contributed by atoms with Crippen LogP contribution in [0.4, 0.5) is 0 Å². The summed E-state index contributed by atoms with van der Waals surface area (Å²) in [7, 11) is 0.0383. The van der Waals surface area contributed by atoms with Gasteiger partial charge in [-0.1, -0.05) is 0 Å². The van der Waals surface area contributed by atoms with E-state index in [-0.39, 0.29) is 0 Å². The van der Waals surface area contributed by atoms with Crippen molar-refractivity contribution in [2.45, 2.75) is 0 Å². The Morgan fingerprint density at radius 3 is 1.57 bits per heavy atom. The van der Waals surface area contributed by atoms with Crippen molar-refractivity contribution in [3.63, 3.8) is 0 Å². The van der Waals surface area contributed by atoms with E-state index in [4.69, 9.17) is 0 Å². The molecule has 0 saturated carbocycles. The van der Waals surface area contributed by atoms with Gasteiger partial charge in [-0.15, -0.1) is 0 Å². The Hall–Kier alpha value is 0.640. The van der Waals surface area contributed by atoms with Crippen molar-refractivity contribution in [3.05, 3.63) is 0 Å². The van der Waals surface area contributed by atoms with Gasteiger partial charge in [-0.3, -0.25) is 0 Å². The van der Waals surface area contributed by atoms with E-state index in [0.29, 0.717) is 0 Å². The van der Waals surface area contributed by atoms with Crippen molar-refractivity contribution in [1.82, 2.24) is 4.31 Å². The molecule has 0 aliphatic rings. The molecule has 0 spiro atoms. The van der Waals surface area contributed by atoms with Crippen LogP contribution in [-0.2, 0) is 7.19 Å². The Morgan fingerprint density at radius 1 is 1.43 bits per heavy atom. The first kappa shape index (κ1) is 7.64. The van der Waals surface area contributed by atoms with Crippen molar-refractivity contribution in [2.24, 2.45) is 0 Å². The first-order chi connectivity index (χ1) is 2.94. The van der Waals surface area contributed by atoms with Gasteiger partial charge in [-0.25, -0.2) is 8.42 Å². The van der Waals surface area contributed by atoms with Crippen LogP contribution in [0.2, 0.25) is 0 Å². The van der Waals surface area contributed by atoms with Gasteiger partial charge in [0.05, 0.1) is 21.2 Å². The van der Waals surface area contributed by atoms with E-state index in [9.17, 15) is 8.42 Å².